The van der Waals surface area contributed by atoms with Crippen LogP contribution >= 0.6 is 0 Å². The van der Waals surface area contributed by atoms with E-state index in [1.807, 2.05) is 20.0 Å². The van der Waals surface area contributed by atoms with Gasteiger partial charge in [0.15, 0.2) is 5.82 Å². The van der Waals surface area contributed by atoms with Crippen LogP contribution < -0.4 is 10.6 Å². The van der Waals surface area contributed by atoms with Gasteiger partial charge in [0.05, 0.1) is 6.04 Å². The summed E-state index contributed by atoms with van der Waals surface area (Å²) in [6, 6.07) is 6.28. The lowest BCUT2D eigenvalue weighted by atomic mass is 9.69. The summed E-state index contributed by atoms with van der Waals surface area (Å²) >= 11 is 0. The first-order chi connectivity index (χ1) is 12.5. The molecule has 1 aliphatic carbocycles. The van der Waals surface area contributed by atoms with E-state index in [4.69, 9.17) is 0 Å². The van der Waals surface area contributed by atoms with Crippen molar-refractivity contribution in [2.24, 2.45) is 7.05 Å². The van der Waals surface area contributed by atoms with Crippen LogP contribution in [-0.2, 0) is 12.5 Å². The molecule has 2 aromatic rings. The Kier molecular flexibility index (Phi) is 5.54. The van der Waals surface area contributed by atoms with Crippen LogP contribution in [0.5, 0.6) is 0 Å². The van der Waals surface area contributed by atoms with Crippen molar-refractivity contribution in [3.05, 3.63) is 47.8 Å². The first-order valence-electron chi connectivity index (χ1n) is 9.14. The van der Waals surface area contributed by atoms with Crippen molar-refractivity contribution >= 4 is 6.03 Å². The summed E-state index contributed by atoms with van der Waals surface area (Å²) in [7, 11) is 1.84. The molecule has 0 saturated heterocycles. The van der Waals surface area contributed by atoms with Gasteiger partial charge in [0.2, 0.25) is 0 Å². The Balaban J connectivity index is 1.66. The van der Waals surface area contributed by atoms with Gasteiger partial charge in [-0.05, 0) is 37.5 Å². The van der Waals surface area contributed by atoms with Gasteiger partial charge in [-0.2, -0.15) is 0 Å². The highest BCUT2D eigenvalue weighted by molar-refractivity contribution is 5.74. The minimum atomic E-state index is -0.251. The molecular formula is C19H26FN5O. The third-order valence-electron chi connectivity index (χ3n) is 5.32. The second kappa shape index (κ2) is 7.85. The monoisotopic (exact) mass is 359 g/mol. The van der Waals surface area contributed by atoms with Crippen LogP contribution in [0.1, 0.15) is 56.5 Å². The molecule has 0 spiro atoms. The van der Waals surface area contributed by atoms with Gasteiger partial charge in [-0.15, -0.1) is 10.2 Å². The van der Waals surface area contributed by atoms with E-state index in [-0.39, 0.29) is 23.3 Å². The summed E-state index contributed by atoms with van der Waals surface area (Å²) < 4.78 is 15.5. The molecule has 1 atom stereocenters. The fourth-order valence-electron chi connectivity index (χ4n) is 3.86. The molecule has 1 aromatic heterocycles. The fraction of sp³-hybridized carbons (Fsp3) is 0.526. The zero-order valence-electron chi connectivity index (χ0n) is 15.3. The largest absolute Gasteiger partial charge is 0.337 e. The van der Waals surface area contributed by atoms with Gasteiger partial charge in [-0.3, -0.25) is 0 Å². The van der Waals surface area contributed by atoms with Gasteiger partial charge < -0.3 is 15.2 Å². The number of hydrogen-bond acceptors (Lipinski definition) is 3. The lowest BCUT2D eigenvalue weighted by Crippen LogP contribution is -2.46. The number of aromatic nitrogens is 3. The Labute approximate surface area is 153 Å². The molecule has 1 heterocycles. The molecule has 1 aromatic carbocycles. The van der Waals surface area contributed by atoms with Gasteiger partial charge in [0, 0.05) is 19.0 Å². The highest BCUT2D eigenvalue weighted by Crippen LogP contribution is 2.39. The normalized spacial score (nSPS) is 17.5. The van der Waals surface area contributed by atoms with E-state index in [0.717, 1.165) is 31.2 Å². The van der Waals surface area contributed by atoms with E-state index in [2.05, 4.69) is 20.8 Å². The summed E-state index contributed by atoms with van der Waals surface area (Å²) in [6.07, 6.45) is 6.88. The van der Waals surface area contributed by atoms with E-state index in [1.165, 1.54) is 12.5 Å². The Hall–Kier alpha value is -2.44. The number of carbonyl (C=O) groups is 1. The predicted molar refractivity (Wildman–Crippen MR) is 97.1 cm³/mol. The first-order valence-corrected chi connectivity index (χ1v) is 9.14. The molecule has 6 nitrogen and oxygen atoms in total. The molecule has 0 aliphatic heterocycles. The molecule has 2 N–H and O–H groups in total. The van der Waals surface area contributed by atoms with Crippen molar-refractivity contribution in [2.75, 3.05) is 6.54 Å². The van der Waals surface area contributed by atoms with Gasteiger partial charge in [-0.25, -0.2) is 9.18 Å². The van der Waals surface area contributed by atoms with Crippen molar-refractivity contribution in [2.45, 2.75) is 50.5 Å². The van der Waals surface area contributed by atoms with E-state index in [1.54, 1.807) is 23.0 Å². The van der Waals surface area contributed by atoms with Gasteiger partial charge in [0.1, 0.15) is 12.1 Å². The van der Waals surface area contributed by atoms with Crippen molar-refractivity contribution in [3.63, 3.8) is 0 Å². The summed E-state index contributed by atoms with van der Waals surface area (Å²) in [5.74, 6) is 0.463. The molecule has 3 rings (SSSR count). The lowest BCUT2D eigenvalue weighted by Gasteiger charge is -2.38. The summed E-state index contributed by atoms with van der Waals surface area (Å²) in [5.41, 5.74) is 0.768. The lowest BCUT2D eigenvalue weighted by molar-refractivity contribution is 0.226. The minimum absolute atomic E-state index is 0.203. The second-order valence-electron chi connectivity index (χ2n) is 7.20. The van der Waals surface area contributed by atoms with Crippen molar-refractivity contribution in [3.8, 4) is 0 Å². The quantitative estimate of drug-likeness (QED) is 0.861. The molecule has 0 radical (unpaired) electrons. The fourth-order valence-corrected chi connectivity index (χ4v) is 3.86. The van der Waals surface area contributed by atoms with E-state index < -0.39 is 0 Å². The number of halogens is 1. The molecular weight excluding hydrogens is 333 g/mol. The number of carbonyl (C=O) groups excluding carboxylic acids is 1. The van der Waals surface area contributed by atoms with E-state index in [0.29, 0.717) is 12.4 Å². The molecule has 0 bridgehead atoms. The number of nitrogens with one attached hydrogen (secondary N) is 2. The third-order valence-corrected chi connectivity index (χ3v) is 5.32. The summed E-state index contributed by atoms with van der Waals surface area (Å²) in [4.78, 5) is 12.4. The highest BCUT2D eigenvalue weighted by atomic mass is 19.1. The second-order valence-corrected chi connectivity index (χ2v) is 7.20. The maximum Gasteiger partial charge on any atom is 0.315 e. The van der Waals surface area contributed by atoms with Crippen LogP contribution in [0.25, 0.3) is 0 Å². The first kappa shape index (κ1) is 18.4. The molecule has 0 unspecified atom stereocenters. The Morgan fingerprint density at radius 1 is 1.35 bits per heavy atom. The molecule has 7 heteroatoms. The average molecular weight is 359 g/mol. The average Bonchev–Trinajstić information content (AvgIpc) is 3.07. The molecule has 1 saturated carbocycles. The number of urea groups is 1. The molecule has 2 amide bonds. The summed E-state index contributed by atoms with van der Waals surface area (Å²) in [5, 5.41) is 13.7. The van der Waals surface area contributed by atoms with Crippen LogP contribution in [0.4, 0.5) is 9.18 Å². The number of benzene rings is 1. The number of aryl methyl sites for hydroxylation is 1. The van der Waals surface area contributed by atoms with Crippen LogP contribution in [0, 0.1) is 5.82 Å². The smallest absolute Gasteiger partial charge is 0.315 e. The van der Waals surface area contributed by atoms with Crippen LogP contribution in [-0.4, -0.2) is 27.3 Å². The zero-order valence-corrected chi connectivity index (χ0v) is 15.3. The van der Waals surface area contributed by atoms with Crippen LogP contribution in [0.3, 0.4) is 0 Å². The predicted octanol–water partition coefficient (Wildman–Crippen LogP) is 3.22. The van der Waals surface area contributed by atoms with Gasteiger partial charge >= 0.3 is 6.03 Å². The topological polar surface area (TPSA) is 71.8 Å². The van der Waals surface area contributed by atoms with Gasteiger partial charge in [0.25, 0.3) is 0 Å². The maximum absolute atomic E-state index is 13.7. The van der Waals surface area contributed by atoms with Crippen molar-refractivity contribution in [1.29, 1.82) is 0 Å². The standard InChI is InChI=1S/C19H26FN5O/c1-14(17-24-22-13-25(17)2)23-18(26)21-12-19(9-4-3-5-10-19)15-7-6-8-16(20)11-15/h6-8,11,13-14H,3-5,9-10,12H2,1-2H3,(H2,21,23,26)/t14-/m0/s1. The van der Waals surface area contributed by atoms with Gasteiger partial charge in [-0.1, -0.05) is 31.4 Å². The molecule has 1 aliphatic rings. The Morgan fingerprint density at radius 3 is 2.77 bits per heavy atom. The SMILES string of the molecule is C[C@H](NC(=O)NCC1(c2cccc(F)c2)CCCCC1)c1nncn1C. The van der Waals surface area contributed by atoms with Crippen molar-refractivity contribution < 1.29 is 9.18 Å². The highest BCUT2D eigenvalue weighted by Gasteiger charge is 2.34. The molecule has 140 valence electrons. The Morgan fingerprint density at radius 2 is 2.12 bits per heavy atom. The number of hydrogen-bond donors (Lipinski definition) is 2. The zero-order chi connectivity index (χ0) is 18.6. The molecule has 1 fully saturated rings. The van der Waals surface area contributed by atoms with Crippen molar-refractivity contribution in [1.82, 2.24) is 25.4 Å². The van der Waals surface area contributed by atoms with E-state index >= 15 is 0 Å². The summed E-state index contributed by atoms with van der Waals surface area (Å²) in [6.45, 7) is 2.36. The third kappa shape index (κ3) is 4.03. The maximum atomic E-state index is 13.7. The Bertz CT molecular complexity index is 754. The number of amides is 2. The number of nitrogens with zero attached hydrogens (tertiary/aromatic N) is 3. The number of rotatable bonds is 5. The minimum Gasteiger partial charge on any atom is -0.337 e. The van der Waals surface area contributed by atoms with E-state index in [9.17, 15) is 9.18 Å². The van der Waals surface area contributed by atoms with Crippen LogP contribution in [0.15, 0.2) is 30.6 Å². The molecule has 26 heavy (non-hydrogen) atoms. The van der Waals surface area contributed by atoms with Crippen LogP contribution in [0.2, 0.25) is 0 Å².